The van der Waals surface area contributed by atoms with Gasteiger partial charge in [-0.15, -0.1) is 0 Å². The van der Waals surface area contributed by atoms with Crippen LogP contribution in [-0.4, -0.2) is 29.6 Å². The van der Waals surface area contributed by atoms with E-state index in [1.54, 1.807) is 24.3 Å². The molecule has 0 aliphatic carbocycles. The molecule has 2 N–H and O–H groups in total. The van der Waals surface area contributed by atoms with Crippen molar-refractivity contribution >= 4 is 11.9 Å². The van der Waals surface area contributed by atoms with Gasteiger partial charge in [-0.05, 0) is 44.5 Å². The second-order valence-electron chi connectivity index (χ2n) is 4.44. The highest BCUT2D eigenvalue weighted by atomic mass is 16.5. The molecule has 0 aromatic heterocycles. The topological polar surface area (TPSA) is 75.6 Å². The average molecular weight is 265 g/mol. The van der Waals surface area contributed by atoms with Crippen molar-refractivity contribution in [1.29, 1.82) is 0 Å². The lowest BCUT2D eigenvalue weighted by Crippen LogP contribution is -2.24. The predicted octanol–water partition coefficient (Wildman–Crippen LogP) is 2.07. The van der Waals surface area contributed by atoms with Gasteiger partial charge in [0.05, 0.1) is 6.10 Å². The van der Waals surface area contributed by atoms with Crippen LogP contribution in [0.1, 0.15) is 37.0 Å². The number of benzene rings is 1. The molecule has 0 fully saturated rings. The third-order valence-corrected chi connectivity index (χ3v) is 2.34. The monoisotopic (exact) mass is 265 g/mol. The molecule has 5 nitrogen and oxygen atoms in total. The number of carbonyl (C=O) groups is 2. The van der Waals surface area contributed by atoms with Crippen LogP contribution in [0.15, 0.2) is 24.3 Å². The summed E-state index contributed by atoms with van der Waals surface area (Å²) in [5.74, 6) is -0.344. The fourth-order valence-electron chi connectivity index (χ4n) is 1.50. The summed E-state index contributed by atoms with van der Waals surface area (Å²) in [7, 11) is 0. The summed E-state index contributed by atoms with van der Waals surface area (Å²) >= 11 is 0. The lowest BCUT2D eigenvalue weighted by Gasteiger charge is -2.10. The van der Waals surface area contributed by atoms with Crippen LogP contribution < -0.4 is 10.1 Å². The maximum absolute atomic E-state index is 11.7. The Hall–Kier alpha value is -2.04. The number of amides is 1. The molecule has 0 spiro atoms. The van der Waals surface area contributed by atoms with E-state index in [0.717, 1.165) is 5.75 Å². The molecule has 5 heteroatoms. The lowest BCUT2D eigenvalue weighted by molar-refractivity contribution is -0.137. The van der Waals surface area contributed by atoms with E-state index in [0.29, 0.717) is 18.5 Å². The van der Waals surface area contributed by atoms with E-state index >= 15 is 0 Å². The van der Waals surface area contributed by atoms with Gasteiger partial charge in [0.2, 0.25) is 0 Å². The number of nitrogens with one attached hydrogen (secondary N) is 1. The number of ether oxygens (including phenoxy) is 1. The van der Waals surface area contributed by atoms with Crippen molar-refractivity contribution in [2.75, 3.05) is 6.54 Å². The van der Waals surface area contributed by atoms with Gasteiger partial charge in [0, 0.05) is 18.5 Å². The van der Waals surface area contributed by atoms with E-state index < -0.39 is 5.97 Å². The van der Waals surface area contributed by atoms with Crippen molar-refractivity contribution < 1.29 is 19.4 Å². The van der Waals surface area contributed by atoms with Gasteiger partial charge in [-0.25, -0.2) is 0 Å². The van der Waals surface area contributed by atoms with Gasteiger partial charge in [0.15, 0.2) is 0 Å². The maximum atomic E-state index is 11.7. The van der Waals surface area contributed by atoms with Crippen molar-refractivity contribution in [3.8, 4) is 5.75 Å². The number of carboxylic acids is 1. The Morgan fingerprint density at radius 2 is 1.89 bits per heavy atom. The lowest BCUT2D eigenvalue weighted by atomic mass is 10.2. The van der Waals surface area contributed by atoms with Gasteiger partial charge in [-0.2, -0.15) is 0 Å². The summed E-state index contributed by atoms with van der Waals surface area (Å²) in [6, 6.07) is 6.85. The van der Waals surface area contributed by atoms with Crippen LogP contribution >= 0.6 is 0 Å². The second kappa shape index (κ2) is 7.41. The van der Waals surface area contributed by atoms with Gasteiger partial charge in [-0.3, -0.25) is 9.59 Å². The highest BCUT2D eigenvalue weighted by Crippen LogP contribution is 2.13. The fourth-order valence-corrected chi connectivity index (χ4v) is 1.50. The Morgan fingerprint density at radius 1 is 1.26 bits per heavy atom. The van der Waals surface area contributed by atoms with Crippen molar-refractivity contribution in [3.05, 3.63) is 29.8 Å². The van der Waals surface area contributed by atoms with Crippen molar-refractivity contribution in [2.24, 2.45) is 0 Å². The third-order valence-electron chi connectivity index (χ3n) is 2.34. The minimum atomic E-state index is -0.857. The van der Waals surface area contributed by atoms with E-state index in [2.05, 4.69) is 5.32 Å². The number of carboxylic acid groups (broad SMARTS) is 1. The minimum absolute atomic E-state index is 0.0570. The van der Waals surface area contributed by atoms with Gasteiger partial charge < -0.3 is 15.2 Å². The number of hydrogen-bond acceptors (Lipinski definition) is 3. The summed E-state index contributed by atoms with van der Waals surface area (Å²) in [6.07, 6.45) is 0.576. The first-order valence-corrected chi connectivity index (χ1v) is 6.25. The zero-order valence-corrected chi connectivity index (χ0v) is 11.2. The molecule has 0 aliphatic rings. The van der Waals surface area contributed by atoms with E-state index in [1.807, 2.05) is 13.8 Å². The molecule has 0 heterocycles. The molecule has 19 heavy (non-hydrogen) atoms. The molecule has 0 saturated heterocycles. The Balaban J connectivity index is 2.42. The van der Waals surface area contributed by atoms with Crippen molar-refractivity contribution in [1.82, 2.24) is 5.32 Å². The molecule has 1 aromatic carbocycles. The highest BCUT2D eigenvalue weighted by Gasteiger charge is 2.06. The molecular formula is C14H19NO4. The molecule has 0 bridgehead atoms. The number of aliphatic carboxylic acids is 1. The molecule has 1 aromatic rings. The quantitative estimate of drug-likeness (QED) is 0.740. The first-order valence-electron chi connectivity index (χ1n) is 6.25. The smallest absolute Gasteiger partial charge is 0.303 e. The van der Waals surface area contributed by atoms with Crippen LogP contribution in [0.5, 0.6) is 5.75 Å². The standard InChI is InChI=1S/C14H19NO4/c1-10(2)19-12-7-5-11(6-8-12)14(18)15-9-3-4-13(16)17/h5-8,10H,3-4,9H2,1-2H3,(H,15,18)(H,16,17). The molecule has 0 radical (unpaired) electrons. The SMILES string of the molecule is CC(C)Oc1ccc(C(=O)NCCCC(=O)O)cc1. The maximum Gasteiger partial charge on any atom is 0.303 e. The zero-order chi connectivity index (χ0) is 14.3. The predicted molar refractivity (Wildman–Crippen MR) is 71.4 cm³/mol. The van der Waals surface area contributed by atoms with Crippen LogP contribution in [0, 0.1) is 0 Å². The normalized spacial score (nSPS) is 10.3. The van der Waals surface area contributed by atoms with Crippen LogP contribution in [0.3, 0.4) is 0 Å². The molecule has 0 atom stereocenters. The first-order chi connectivity index (χ1) is 8.99. The largest absolute Gasteiger partial charge is 0.491 e. The molecule has 1 rings (SSSR count). The van der Waals surface area contributed by atoms with Crippen LogP contribution in [0.25, 0.3) is 0 Å². The van der Waals surface area contributed by atoms with Crippen LogP contribution in [0.2, 0.25) is 0 Å². The number of hydrogen-bond donors (Lipinski definition) is 2. The summed E-state index contributed by atoms with van der Waals surface area (Å²) in [5, 5.41) is 11.1. The molecule has 0 aliphatic heterocycles. The summed E-state index contributed by atoms with van der Waals surface area (Å²) < 4.78 is 5.48. The van der Waals surface area contributed by atoms with Crippen molar-refractivity contribution in [2.45, 2.75) is 32.8 Å². The number of carbonyl (C=O) groups excluding carboxylic acids is 1. The summed E-state index contributed by atoms with van der Waals surface area (Å²) in [6.45, 7) is 4.22. The van der Waals surface area contributed by atoms with Crippen LogP contribution in [0.4, 0.5) is 0 Å². The second-order valence-corrected chi connectivity index (χ2v) is 4.44. The molecular weight excluding hydrogens is 246 g/mol. The molecule has 0 saturated carbocycles. The van der Waals surface area contributed by atoms with E-state index in [4.69, 9.17) is 9.84 Å². The molecule has 1 amide bonds. The van der Waals surface area contributed by atoms with Gasteiger partial charge in [0.1, 0.15) is 5.75 Å². The van der Waals surface area contributed by atoms with E-state index in [9.17, 15) is 9.59 Å². The highest BCUT2D eigenvalue weighted by molar-refractivity contribution is 5.94. The Kier molecular flexibility index (Phi) is 5.85. The summed E-state index contributed by atoms with van der Waals surface area (Å²) in [4.78, 5) is 22.0. The van der Waals surface area contributed by atoms with Crippen LogP contribution in [-0.2, 0) is 4.79 Å². The Bertz CT molecular complexity index is 426. The van der Waals surface area contributed by atoms with Gasteiger partial charge >= 0.3 is 5.97 Å². The fraction of sp³-hybridized carbons (Fsp3) is 0.429. The van der Waals surface area contributed by atoms with E-state index in [1.165, 1.54) is 0 Å². The third kappa shape index (κ3) is 5.90. The molecule has 0 unspecified atom stereocenters. The summed E-state index contributed by atoms with van der Waals surface area (Å²) in [5.41, 5.74) is 0.534. The Morgan fingerprint density at radius 3 is 2.42 bits per heavy atom. The molecule has 104 valence electrons. The Labute approximate surface area is 112 Å². The number of rotatable bonds is 7. The van der Waals surface area contributed by atoms with Gasteiger partial charge in [-0.1, -0.05) is 0 Å². The first kappa shape index (κ1) is 15.0. The zero-order valence-electron chi connectivity index (χ0n) is 11.2. The average Bonchev–Trinajstić information content (AvgIpc) is 2.34. The van der Waals surface area contributed by atoms with Gasteiger partial charge in [0.25, 0.3) is 5.91 Å². The van der Waals surface area contributed by atoms with Crippen molar-refractivity contribution in [3.63, 3.8) is 0 Å². The minimum Gasteiger partial charge on any atom is -0.491 e. The van der Waals surface area contributed by atoms with E-state index in [-0.39, 0.29) is 18.4 Å².